The van der Waals surface area contributed by atoms with Gasteiger partial charge in [-0.25, -0.2) is 4.79 Å². The molecule has 5 nitrogen and oxygen atoms in total. The highest BCUT2D eigenvalue weighted by Crippen LogP contribution is 2.32. The molecule has 1 saturated heterocycles. The van der Waals surface area contributed by atoms with Crippen molar-refractivity contribution >= 4 is 46.3 Å². The predicted molar refractivity (Wildman–Crippen MR) is 105 cm³/mol. The van der Waals surface area contributed by atoms with Crippen molar-refractivity contribution in [2.75, 3.05) is 7.11 Å². The van der Waals surface area contributed by atoms with Gasteiger partial charge in [0.05, 0.1) is 17.6 Å². The average molecular weight is 385 g/mol. The molecule has 0 spiro atoms. The molecule has 0 aromatic heterocycles. The van der Waals surface area contributed by atoms with E-state index in [1.807, 2.05) is 19.1 Å². The number of esters is 1. The Kier molecular flexibility index (Phi) is 5.39. The van der Waals surface area contributed by atoms with E-state index < -0.39 is 5.97 Å². The molecule has 2 aromatic carbocycles. The van der Waals surface area contributed by atoms with Gasteiger partial charge in [0, 0.05) is 0 Å². The van der Waals surface area contributed by atoms with E-state index in [2.05, 4.69) is 5.32 Å². The summed E-state index contributed by atoms with van der Waals surface area (Å²) >= 11 is 6.17. The maximum atomic E-state index is 12.4. The van der Waals surface area contributed by atoms with Gasteiger partial charge in [-0.3, -0.25) is 4.79 Å². The van der Waals surface area contributed by atoms with Crippen molar-refractivity contribution in [3.63, 3.8) is 0 Å². The Morgan fingerprint density at radius 1 is 1.15 bits per heavy atom. The highest BCUT2D eigenvalue weighted by atomic mass is 32.2. The summed E-state index contributed by atoms with van der Waals surface area (Å²) < 4.78 is 11.2. The van der Waals surface area contributed by atoms with Crippen molar-refractivity contribution in [1.82, 2.24) is 5.32 Å². The smallest absolute Gasteiger partial charge is 0.343 e. The van der Waals surface area contributed by atoms with Crippen LogP contribution in [-0.4, -0.2) is 23.3 Å². The summed E-state index contributed by atoms with van der Waals surface area (Å²) in [6.07, 6.45) is 1.68. The average Bonchev–Trinajstić information content (AvgIpc) is 2.93. The van der Waals surface area contributed by atoms with Gasteiger partial charge in [0.15, 0.2) is 11.5 Å². The third-order valence-electron chi connectivity index (χ3n) is 3.62. The molecule has 1 aliphatic heterocycles. The van der Waals surface area contributed by atoms with E-state index in [1.165, 1.54) is 18.9 Å². The number of thiocarbonyl (C=S) groups is 1. The molecule has 1 fully saturated rings. The Bertz CT molecular complexity index is 920. The first-order valence-corrected chi connectivity index (χ1v) is 8.90. The van der Waals surface area contributed by atoms with Crippen LogP contribution in [0.1, 0.15) is 21.5 Å². The number of nitrogens with one attached hydrogen (secondary N) is 1. The Labute approximate surface area is 160 Å². The fourth-order valence-electron chi connectivity index (χ4n) is 2.28. The molecule has 132 valence electrons. The summed E-state index contributed by atoms with van der Waals surface area (Å²) in [6, 6.07) is 12.2. The van der Waals surface area contributed by atoms with Crippen LogP contribution in [0.5, 0.6) is 11.5 Å². The van der Waals surface area contributed by atoms with Gasteiger partial charge in [-0.15, -0.1) is 0 Å². The summed E-state index contributed by atoms with van der Waals surface area (Å²) in [5, 5.41) is 2.56. The van der Waals surface area contributed by atoms with Crippen LogP contribution in [0.4, 0.5) is 0 Å². The minimum atomic E-state index is -0.484. The number of thioether (sulfide) groups is 1. The first kappa shape index (κ1) is 18.2. The molecule has 0 unspecified atom stereocenters. The molecule has 0 saturated carbocycles. The van der Waals surface area contributed by atoms with Gasteiger partial charge in [-0.1, -0.05) is 47.7 Å². The molecule has 1 amide bonds. The van der Waals surface area contributed by atoms with Gasteiger partial charge in [-0.2, -0.15) is 0 Å². The second-order valence-corrected chi connectivity index (χ2v) is 7.24. The molecule has 0 radical (unpaired) electrons. The zero-order chi connectivity index (χ0) is 18.7. The maximum Gasteiger partial charge on any atom is 0.343 e. The van der Waals surface area contributed by atoms with Gasteiger partial charge >= 0.3 is 5.97 Å². The summed E-state index contributed by atoms with van der Waals surface area (Å²) in [4.78, 5) is 24.6. The van der Waals surface area contributed by atoms with Crippen LogP contribution in [0.3, 0.4) is 0 Å². The number of ether oxygens (including phenoxy) is 2. The molecule has 3 rings (SSSR count). The highest BCUT2D eigenvalue weighted by molar-refractivity contribution is 8.26. The standard InChI is InChI=1S/C19H15NO4S2/c1-11-3-6-13(7-4-11)18(22)24-15-9-12(5-8-14(15)23-2)10-16-17(21)20-19(25)26-16/h3-10H,1-2H3,(H,20,21,25). The van der Waals surface area contributed by atoms with Crippen LogP contribution in [-0.2, 0) is 4.79 Å². The molecule has 1 N–H and O–H groups in total. The maximum absolute atomic E-state index is 12.4. The summed E-state index contributed by atoms with van der Waals surface area (Å²) in [6.45, 7) is 1.94. The van der Waals surface area contributed by atoms with Gasteiger partial charge in [0.1, 0.15) is 4.32 Å². The number of amides is 1. The third-order valence-corrected chi connectivity index (χ3v) is 4.78. The number of hydrogen-bond acceptors (Lipinski definition) is 6. The van der Waals surface area contributed by atoms with Gasteiger partial charge in [0.25, 0.3) is 5.91 Å². The largest absolute Gasteiger partial charge is 0.493 e. The number of hydrogen-bond donors (Lipinski definition) is 1. The predicted octanol–water partition coefficient (Wildman–Crippen LogP) is 3.71. The Balaban J connectivity index is 1.87. The minimum absolute atomic E-state index is 0.242. The van der Waals surface area contributed by atoms with E-state index in [4.69, 9.17) is 21.7 Å². The van der Waals surface area contributed by atoms with E-state index in [1.54, 1.807) is 36.4 Å². The summed E-state index contributed by atoms with van der Waals surface area (Å²) in [7, 11) is 1.50. The molecule has 2 aromatic rings. The lowest BCUT2D eigenvalue weighted by molar-refractivity contribution is -0.115. The Morgan fingerprint density at radius 3 is 2.50 bits per heavy atom. The monoisotopic (exact) mass is 385 g/mol. The molecular formula is C19H15NO4S2. The number of methoxy groups -OCH3 is 1. The number of benzene rings is 2. The fourth-order valence-corrected chi connectivity index (χ4v) is 3.33. The number of carbonyl (C=O) groups is 2. The second kappa shape index (κ2) is 7.72. The van der Waals surface area contributed by atoms with Crippen molar-refractivity contribution in [3.05, 3.63) is 64.1 Å². The minimum Gasteiger partial charge on any atom is -0.493 e. The lowest BCUT2D eigenvalue weighted by Crippen LogP contribution is -2.17. The van der Waals surface area contributed by atoms with Crippen LogP contribution in [0, 0.1) is 6.92 Å². The molecule has 1 heterocycles. The molecule has 0 atom stereocenters. The fraction of sp³-hybridized carbons (Fsp3) is 0.105. The zero-order valence-corrected chi connectivity index (χ0v) is 15.7. The van der Waals surface area contributed by atoms with Gasteiger partial charge < -0.3 is 14.8 Å². The topological polar surface area (TPSA) is 64.6 Å². The number of carbonyl (C=O) groups excluding carboxylic acids is 2. The van der Waals surface area contributed by atoms with E-state index in [0.29, 0.717) is 26.1 Å². The Hall–Kier alpha value is -2.64. The van der Waals surface area contributed by atoms with Crippen LogP contribution in [0.25, 0.3) is 6.08 Å². The van der Waals surface area contributed by atoms with Crippen LogP contribution < -0.4 is 14.8 Å². The summed E-state index contributed by atoms with van der Waals surface area (Å²) in [5.41, 5.74) is 2.19. The first-order chi connectivity index (χ1) is 12.5. The Morgan fingerprint density at radius 2 is 1.88 bits per heavy atom. The summed E-state index contributed by atoms with van der Waals surface area (Å²) in [5.74, 6) is -0.0265. The molecule has 0 bridgehead atoms. The molecule has 26 heavy (non-hydrogen) atoms. The lowest BCUT2D eigenvalue weighted by atomic mass is 10.1. The molecule has 0 aliphatic carbocycles. The normalized spacial score (nSPS) is 15.1. The van der Waals surface area contributed by atoms with Gasteiger partial charge in [0.2, 0.25) is 0 Å². The SMILES string of the molecule is COc1ccc(C=C2SC(=S)NC2=O)cc1OC(=O)c1ccc(C)cc1. The van der Waals surface area contributed by atoms with Crippen molar-refractivity contribution in [2.45, 2.75) is 6.92 Å². The van der Waals surface area contributed by atoms with Crippen molar-refractivity contribution in [3.8, 4) is 11.5 Å². The number of aryl methyl sites for hydroxylation is 1. The quantitative estimate of drug-likeness (QED) is 0.375. The number of rotatable bonds is 4. The van der Waals surface area contributed by atoms with Crippen LogP contribution >= 0.6 is 24.0 Å². The molecule has 7 heteroatoms. The highest BCUT2D eigenvalue weighted by Gasteiger charge is 2.22. The van der Waals surface area contributed by atoms with E-state index in [0.717, 1.165) is 5.56 Å². The van der Waals surface area contributed by atoms with E-state index in [-0.39, 0.29) is 11.7 Å². The van der Waals surface area contributed by atoms with Crippen molar-refractivity contribution < 1.29 is 19.1 Å². The first-order valence-electron chi connectivity index (χ1n) is 7.68. The second-order valence-electron chi connectivity index (χ2n) is 5.52. The van der Waals surface area contributed by atoms with Crippen LogP contribution in [0.15, 0.2) is 47.4 Å². The van der Waals surface area contributed by atoms with Gasteiger partial charge in [-0.05, 0) is 42.8 Å². The van der Waals surface area contributed by atoms with Crippen molar-refractivity contribution in [2.24, 2.45) is 0 Å². The molecular weight excluding hydrogens is 370 g/mol. The van der Waals surface area contributed by atoms with E-state index in [9.17, 15) is 9.59 Å². The van der Waals surface area contributed by atoms with E-state index >= 15 is 0 Å². The zero-order valence-electron chi connectivity index (χ0n) is 14.1. The van der Waals surface area contributed by atoms with Crippen molar-refractivity contribution in [1.29, 1.82) is 0 Å². The van der Waals surface area contributed by atoms with Crippen LogP contribution in [0.2, 0.25) is 0 Å². The third kappa shape index (κ3) is 4.12. The lowest BCUT2D eigenvalue weighted by Gasteiger charge is -2.10. The molecule has 1 aliphatic rings.